The van der Waals surface area contributed by atoms with Crippen LogP contribution in [0.1, 0.15) is 38.5 Å². The minimum absolute atomic E-state index is 0.349. The third kappa shape index (κ3) is 2.02. The van der Waals surface area contributed by atoms with E-state index in [4.69, 9.17) is 0 Å². The Hall–Kier alpha value is -0.570. The lowest BCUT2D eigenvalue weighted by atomic mass is 10.1. The standard InChI is InChI=1S/C10H18N2O/c13-10-6-2-4-8-12(10)9-5-1-3-7-11-9/h9,11H,1-8H2. The number of carbonyl (C=O) groups is 1. The van der Waals surface area contributed by atoms with Crippen molar-refractivity contribution in [1.29, 1.82) is 0 Å². The average molecular weight is 182 g/mol. The molecule has 3 nitrogen and oxygen atoms in total. The molecule has 0 spiro atoms. The second kappa shape index (κ2) is 4.09. The molecule has 1 atom stereocenters. The Balaban J connectivity index is 1.92. The van der Waals surface area contributed by atoms with Gasteiger partial charge in [-0.3, -0.25) is 10.1 Å². The Labute approximate surface area is 79.5 Å². The van der Waals surface area contributed by atoms with Gasteiger partial charge in [0.05, 0.1) is 6.17 Å². The predicted octanol–water partition coefficient (Wildman–Crippen LogP) is 1.10. The molecule has 2 rings (SSSR count). The number of piperidine rings is 2. The summed E-state index contributed by atoms with van der Waals surface area (Å²) < 4.78 is 0. The molecule has 0 bridgehead atoms. The summed E-state index contributed by atoms with van der Waals surface area (Å²) in [5.74, 6) is 0.352. The number of nitrogens with one attached hydrogen (secondary N) is 1. The molecule has 1 N–H and O–H groups in total. The van der Waals surface area contributed by atoms with Crippen LogP contribution in [0, 0.1) is 0 Å². The van der Waals surface area contributed by atoms with Crippen molar-refractivity contribution in [3.05, 3.63) is 0 Å². The van der Waals surface area contributed by atoms with Crippen molar-refractivity contribution < 1.29 is 4.79 Å². The van der Waals surface area contributed by atoms with Crippen LogP contribution in [0.3, 0.4) is 0 Å². The Morgan fingerprint density at radius 1 is 1.23 bits per heavy atom. The fourth-order valence-corrected chi connectivity index (χ4v) is 2.26. The first-order valence-electron chi connectivity index (χ1n) is 5.41. The number of carbonyl (C=O) groups excluding carboxylic acids is 1. The highest BCUT2D eigenvalue weighted by Crippen LogP contribution is 2.17. The van der Waals surface area contributed by atoms with Crippen LogP contribution in [0.15, 0.2) is 0 Å². The second-order valence-corrected chi connectivity index (χ2v) is 4.01. The lowest BCUT2D eigenvalue weighted by Gasteiger charge is -2.37. The summed E-state index contributed by atoms with van der Waals surface area (Å²) in [5, 5.41) is 3.42. The van der Waals surface area contributed by atoms with Gasteiger partial charge in [0.2, 0.25) is 5.91 Å². The van der Waals surface area contributed by atoms with Gasteiger partial charge >= 0.3 is 0 Å². The summed E-state index contributed by atoms with van der Waals surface area (Å²) in [6.07, 6.45) is 7.05. The quantitative estimate of drug-likeness (QED) is 0.658. The summed E-state index contributed by atoms with van der Waals surface area (Å²) >= 11 is 0. The molecule has 0 aliphatic carbocycles. The van der Waals surface area contributed by atoms with E-state index in [-0.39, 0.29) is 0 Å². The van der Waals surface area contributed by atoms with Gasteiger partial charge in [-0.1, -0.05) is 0 Å². The Morgan fingerprint density at radius 2 is 2.15 bits per heavy atom. The monoisotopic (exact) mass is 182 g/mol. The van der Waals surface area contributed by atoms with Crippen LogP contribution >= 0.6 is 0 Å². The molecule has 74 valence electrons. The van der Waals surface area contributed by atoms with Crippen molar-refractivity contribution >= 4 is 5.91 Å². The largest absolute Gasteiger partial charge is 0.327 e. The zero-order valence-electron chi connectivity index (χ0n) is 8.09. The summed E-state index contributed by atoms with van der Waals surface area (Å²) in [5.41, 5.74) is 0. The van der Waals surface area contributed by atoms with E-state index in [2.05, 4.69) is 5.32 Å². The molecule has 13 heavy (non-hydrogen) atoms. The molecule has 0 saturated carbocycles. The van der Waals surface area contributed by atoms with Gasteiger partial charge in [-0.25, -0.2) is 0 Å². The van der Waals surface area contributed by atoms with E-state index >= 15 is 0 Å². The number of rotatable bonds is 1. The van der Waals surface area contributed by atoms with Crippen LogP contribution in [0.4, 0.5) is 0 Å². The lowest BCUT2D eigenvalue weighted by molar-refractivity contribution is -0.137. The number of hydrogen-bond donors (Lipinski definition) is 1. The number of likely N-dealkylation sites (tertiary alicyclic amines) is 1. The maximum Gasteiger partial charge on any atom is 0.223 e. The molecular weight excluding hydrogens is 164 g/mol. The van der Waals surface area contributed by atoms with Crippen molar-refractivity contribution in [3.63, 3.8) is 0 Å². The average Bonchev–Trinajstić information content (AvgIpc) is 2.20. The van der Waals surface area contributed by atoms with Gasteiger partial charge in [0.1, 0.15) is 0 Å². The van der Waals surface area contributed by atoms with Crippen LogP contribution < -0.4 is 5.32 Å². The van der Waals surface area contributed by atoms with E-state index < -0.39 is 0 Å². The fraction of sp³-hybridized carbons (Fsp3) is 0.900. The molecule has 2 saturated heterocycles. The first-order chi connectivity index (χ1) is 6.38. The van der Waals surface area contributed by atoms with E-state index in [1.807, 2.05) is 4.90 Å². The van der Waals surface area contributed by atoms with Crippen molar-refractivity contribution in [1.82, 2.24) is 10.2 Å². The third-order valence-electron chi connectivity index (χ3n) is 3.02. The predicted molar refractivity (Wildman–Crippen MR) is 51.2 cm³/mol. The first kappa shape index (κ1) is 9.00. The second-order valence-electron chi connectivity index (χ2n) is 4.01. The zero-order chi connectivity index (χ0) is 9.10. The van der Waals surface area contributed by atoms with Gasteiger partial charge in [-0.05, 0) is 38.6 Å². The van der Waals surface area contributed by atoms with Crippen LogP contribution in [0.5, 0.6) is 0 Å². The van der Waals surface area contributed by atoms with Crippen molar-refractivity contribution in [2.24, 2.45) is 0 Å². The molecule has 2 aliphatic heterocycles. The Bertz CT molecular complexity index is 187. The molecule has 0 aromatic carbocycles. The van der Waals surface area contributed by atoms with E-state index in [0.29, 0.717) is 12.1 Å². The summed E-state index contributed by atoms with van der Waals surface area (Å²) in [7, 11) is 0. The Morgan fingerprint density at radius 3 is 2.85 bits per heavy atom. The molecule has 2 fully saturated rings. The third-order valence-corrected chi connectivity index (χ3v) is 3.02. The zero-order valence-corrected chi connectivity index (χ0v) is 8.09. The first-order valence-corrected chi connectivity index (χ1v) is 5.41. The molecule has 3 heteroatoms. The van der Waals surface area contributed by atoms with Crippen LogP contribution in [0.2, 0.25) is 0 Å². The van der Waals surface area contributed by atoms with Crippen molar-refractivity contribution in [2.75, 3.05) is 13.1 Å². The van der Waals surface area contributed by atoms with E-state index in [9.17, 15) is 4.79 Å². The highest BCUT2D eigenvalue weighted by molar-refractivity contribution is 5.77. The van der Waals surface area contributed by atoms with Crippen molar-refractivity contribution in [3.8, 4) is 0 Å². The fourth-order valence-electron chi connectivity index (χ4n) is 2.26. The minimum atomic E-state index is 0.349. The van der Waals surface area contributed by atoms with Gasteiger partial charge < -0.3 is 4.90 Å². The molecular formula is C10H18N2O. The maximum atomic E-state index is 11.6. The van der Waals surface area contributed by atoms with Crippen LogP contribution in [0.25, 0.3) is 0 Å². The highest BCUT2D eigenvalue weighted by atomic mass is 16.2. The van der Waals surface area contributed by atoms with Gasteiger partial charge in [0.25, 0.3) is 0 Å². The molecule has 2 aliphatic rings. The van der Waals surface area contributed by atoms with Gasteiger partial charge in [-0.15, -0.1) is 0 Å². The molecule has 0 aromatic rings. The molecule has 0 radical (unpaired) electrons. The summed E-state index contributed by atoms with van der Waals surface area (Å²) in [4.78, 5) is 13.6. The normalized spacial score (nSPS) is 30.6. The summed E-state index contributed by atoms with van der Waals surface area (Å²) in [6, 6.07) is 0. The van der Waals surface area contributed by atoms with Gasteiger partial charge in [0.15, 0.2) is 0 Å². The van der Waals surface area contributed by atoms with Crippen molar-refractivity contribution in [2.45, 2.75) is 44.7 Å². The maximum absolute atomic E-state index is 11.6. The number of hydrogen-bond acceptors (Lipinski definition) is 2. The van der Waals surface area contributed by atoms with Crippen LogP contribution in [-0.2, 0) is 4.79 Å². The highest BCUT2D eigenvalue weighted by Gasteiger charge is 2.26. The summed E-state index contributed by atoms with van der Waals surface area (Å²) in [6.45, 7) is 2.05. The number of nitrogens with zero attached hydrogens (tertiary/aromatic N) is 1. The smallest absolute Gasteiger partial charge is 0.223 e. The molecule has 1 amide bonds. The van der Waals surface area contributed by atoms with E-state index in [1.165, 1.54) is 19.3 Å². The Kier molecular flexibility index (Phi) is 2.83. The van der Waals surface area contributed by atoms with E-state index in [0.717, 1.165) is 32.4 Å². The van der Waals surface area contributed by atoms with E-state index in [1.54, 1.807) is 0 Å². The van der Waals surface area contributed by atoms with Gasteiger partial charge in [0, 0.05) is 13.0 Å². The minimum Gasteiger partial charge on any atom is -0.327 e. The van der Waals surface area contributed by atoms with Gasteiger partial charge in [-0.2, -0.15) is 0 Å². The number of amides is 1. The topological polar surface area (TPSA) is 32.3 Å². The SMILES string of the molecule is O=C1CCCCN1C1CCCCN1. The lowest BCUT2D eigenvalue weighted by Crippen LogP contribution is -2.52. The molecule has 0 aromatic heterocycles. The van der Waals surface area contributed by atoms with Crippen LogP contribution in [-0.4, -0.2) is 30.1 Å². The molecule has 2 heterocycles. The molecule has 1 unspecified atom stereocenters.